The van der Waals surface area contributed by atoms with Crippen LogP contribution in [-0.2, 0) is 0 Å². The first-order valence-electron chi connectivity index (χ1n) is 3.44. The summed E-state index contributed by atoms with van der Waals surface area (Å²) in [5.74, 6) is -0.417. The van der Waals surface area contributed by atoms with Gasteiger partial charge in [0.2, 0.25) is 5.82 Å². The highest BCUT2D eigenvalue weighted by atomic mass is 16.6. The molecule has 7 heteroatoms. The molecule has 7 nitrogen and oxygen atoms in total. The molecule has 0 bridgehead atoms. The van der Waals surface area contributed by atoms with E-state index in [1.807, 2.05) is 0 Å². The van der Waals surface area contributed by atoms with Crippen molar-refractivity contribution in [1.29, 1.82) is 0 Å². The fraction of sp³-hybridized carbons (Fsp3) is 0. The lowest BCUT2D eigenvalue weighted by atomic mass is 10.6. The van der Waals surface area contributed by atoms with E-state index >= 15 is 0 Å². The van der Waals surface area contributed by atoms with Crippen LogP contribution in [0, 0.1) is 10.1 Å². The number of nitrogen functional groups attached to an aromatic ring is 1. The molecule has 0 saturated carbocycles. The molecular weight excluding hydrogens is 174 g/mol. The Morgan fingerprint density at radius 1 is 1.62 bits per heavy atom. The first-order chi connectivity index (χ1) is 6.20. The zero-order valence-corrected chi connectivity index (χ0v) is 6.41. The number of fused-ring (bicyclic) bond motifs is 1. The van der Waals surface area contributed by atoms with Crippen LogP contribution in [0.1, 0.15) is 0 Å². The molecule has 0 aliphatic heterocycles. The largest absolute Gasteiger partial charge is 0.392 e. The summed E-state index contributed by atoms with van der Waals surface area (Å²) in [5, 5.41) is 14.3. The number of aromatic nitrogens is 3. The minimum Gasteiger partial charge on any atom is -0.377 e. The maximum Gasteiger partial charge on any atom is 0.392 e. The van der Waals surface area contributed by atoms with Gasteiger partial charge in [-0.3, -0.25) is 0 Å². The molecule has 2 aromatic rings. The third-order valence-corrected chi connectivity index (χ3v) is 1.57. The number of imidazole rings is 1. The van der Waals surface area contributed by atoms with E-state index in [4.69, 9.17) is 5.73 Å². The number of nitrogens with zero attached hydrogens (tertiary/aromatic N) is 4. The Kier molecular flexibility index (Phi) is 1.38. The molecular formula is C6H5N5O2. The highest BCUT2D eigenvalue weighted by Gasteiger charge is 2.20. The van der Waals surface area contributed by atoms with E-state index in [9.17, 15) is 10.1 Å². The Morgan fingerprint density at radius 3 is 3.08 bits per heavy atom. The second-order valence-corrected chi connectivity index (χ2v) is 2.37. The van der Waals surface area contributed by atoms with E-state index in [1.54, 1.807) is 12.1 Å². The van der Waals surface area contributed by atoms with Gasteiger partial charge < -0.3 is 15.8 Å². The standard InChI is InChI=1S/C6H5N5O2/c7-5-6(11(12)13)10-4(9-5)2-1-3-8-10/h1-3H,7H2. The first kappa shape index (κ1) is 7.47. The zero-order valence-electron chi connectivity index (χ0n) is 6.41. The van der Waals surface area contributed by atoms with E-state index in [1.165, 1.54) is 6.20 Å². The van der Waals surface area contributed by atoms with Crippen LogP contribution in [0.5, 0.6) is 0 Å². The SMILES string of the molecule is Nc1nc2cccnn2c1[N+](=O)[O-]. The second-order valence-electron chi connectivity index (χ2n) is 2.37. The maximum absolute atomic E-state index is 10.5. The zero-order chi connectivity index (χ0) is 9.42. The predicted octanol–water partition coefficient (Wildman–Crippen LogP) is 0.220. The molecule has 0 unspecified atom stereocenters. The van der Waals surface area contributed by atoms with Crippen molar-refractivity contribution in [3.8, 4) is 0 Å². The molecule has 0 radical (unpaired) electrons. The second kappa shape index (κ2) is 2.41. The van der Waals surface area contributed by atoms with Gasteiger partial charge >= 0.3 is 5.82 Å². The fourth-order valence-electron chi connectivity index (χ4n) is 1.06. The lowest BCUT2D eigenvalue weighted by Crippen LogP contribution is -1.99. The Labute approximate surface area is 72.0 Å². The van der Waals surface area contributed by atoms with Crippen molar-refractivity contribution in [3.05, 3.63) is 28.4 Å². The van der Waals surface area contributed by atoms with Crippen LogP contribution in [0.25, 0.3) is 5.65 Å². The number of hydrogen-bond acceptors (Lipinski definition) is 5. The Bertz CT molecular complexity index is 477. The van der Waals surface area contributed by atoms with Gasteiger partial charge in [0, 0.05) is 6.07 Å². The summed E-state index contributed by atoms with van der Waals surface area (Å²) < 4.78 is 1.09. The van der Waals surface area contributed by atoms with Gasteiger partial charge in [0.05, 0.1) is 6.20 Å². The van der Waals surface area contributed by atoms with Crippen LogP contribution >= 0.6 is 0 Å². The fourth-order valence-corrected chi connectivity index (χ4v) is 1.06. The summed E-state index contributed by atoms with van der Waals surface area (Å²) in [5.41, 5.74) is 5.71. The molecule has 2 heterocycles. The molecule has 2 N–H and O–H groups in total. The first-order valence-corrected chi connectivity index (χ1v) is 3.44. The number of hydrogen-bond donors (Lipinski definition) is 1. The lowest BCUT2D eigenvalue weighted by Gasteiger charge is -1.90. The van der Waals surface area contributed by atoms with Gasteiger partial charge in [-0.25, -0.2) is 0 Å². The molecule has 66 valence electrons. The van der Waals surface area contributed by atoms with Gasteiger partial charge in [0.15, 0.2) is 0 Å². The van der Waals surface area contributed by atoms with Gasteiger partial charge in [-0.05, 0) is 11.0 Å². The Balaban J connectivity index is 2.86. The third kappa shape index (κ3) is 0.975. The summed E-state index contributed by atoms with van der Waals surface area (Å²) >= 11 is 0. The topological polar surface area (TPSA) is 99.3 Å². The van der Waals surface area contributed by atoms with Crippen molar-refractivity contribution in [1.82, 2.24) is 14.6 Å². The monoisotopic (exact) mass is 179 g/mol. The molecule has 0 spiro atoms. The summed E-state index contributed by atoms with van der Waals surface area (Å²) in [6, 6.07) is 3.22. The summed E-state index contributed by atoms with van der Waals surface area (Å²) in [7, 11) is 0. The van der Waals surface area contributed by atoms with Crippen LogP contribution in [0.3, 0.4) is 0 Å². The molecule has 0 saturated heterocycles. The van der Waals surface area contributed by atoms with Crippen molar-refractivity contribution >= 4 is 17.3 Å². The number of nitro groups is 1. The van der Waals surface area contributed by atoms with Crippen molar-refractivity contribution in [2.45, 2.75) is 0 Å². The van der Waals surface area contributed by atoms with Crippen molar-refractivity contribution < 1.29 is 4.92 Å². The van der Waals surface area contributed by atoms with E-state index < -0.39 is 4.92 Å². The molecule has 0 fully saturated rings. The van der Waals surface area contributed by atoms with Crippen LogP contribution in [0.15, 0.2) is 18.3 Å². The number of anilines is 1. The van der Waals surface area contributed by atoms with Gasteiger partial charge in [-0.1, -0.05) is 9.61 Å². The van der Waals surface area contributed by atoms with E-state index in [0.717, 1.165) is 4.52 Å². The molecule has 2 rings (SSSR count). The molecule has 0 aromatic carbocycles. The highest BCUT2D eigenvalue weighted by Crippen LogP contribution is 2.20. The van der Waals surface area contributed by atoms with E-state index in [-0.39, 0.29) is 11.6 Å². The van der Waals surface area contributed by atoms with Crippen LogP contribution in [0.2, 0.25) is 0 Å². The molecule has 13 heavy (non-hydrogen) atoms. The minimum atomic E-state index is -0.609. The maximum atomic E-state index is 10.5. The summed E-state index contributed by atoms with van der Waals surface area (Å²) in [4.78, 5) is 13.7. The van der Waals surface area contributed by atoms with Crippen molar-refractivity contribution in [3.63, 3.8) is 0 Å². The van der Waals surface area contributed by atoms with E-state index in [2.05, 4.69) is 10.1 Å². The van der Waals surface area contributed by atoms with E-state index in [0.29, 0.717) is 5.65 Å². The summed E-state index contributed by atoms with van der Waals surface area (Å²) in [6.07, 6.45) is 1.43. The van der Waals surface area contributed by atoms with Gasteiger partial charge in [0.1, 0.15) is 0 Å². The molecule has 0 atom stereocenters. The highest BCUT2D eigenvalue weighted by molar-refractivity contribution is 5.58. The predicted molar refractivity (Wildman–Crippen MR) is 44.1 cm³/mol. The van der Waals surface area contributed by atoms with Gasteiger partial charge in [0.25, 0.3) is 5.65 Å². The Hall–Kier alpha value is -2.18. The minimum absolute atomic E-state index is 0.122. The Morgan fingerprint density at radius 2 is 2.38 bits per heavy atom. The molecule has 2 aromatic heterocycles. The summed E-state index contributed by atoms with van der Waals surface area (Å²) in [6.45, 7) is 0. The van der Waals surface area contributed by atoms with Gasteiger partial charge in [-0.2, -0.15) is 4.98 Å². The molecule has 0 aliphatic rings. The number of nitrogens with two attached hydrogens (primary N) is 1. The van der Waals surface area contributed by atoms with Crippen LogP contribution < -0.4 is 5.73 Å². The van der Waals surface area contributed by atoms with Crippen LogP contribution in [-0.4, -0.2) is 19.5 Å². The number of rotatable bonds is 1. The van der Waals surface area contributed by atoms with Gasteiger partial charge in [-0.15, -0.1) is 0 Å². The third-order valence-electron chi connectivity index (χ3n) is 1.57. The van der Waals surface area contributed by atoms with Crippen molar-refractivity contribution in [2.24, 2.45) is 0 Å². The average molecular weight is 179 g/mol. The molecule has 0 aliphatic carbocycles. The van der Waals surface area contributed by atoms with Crippen LogP contribution in [0.4, 0.5) is 11.6 Å². The quantitative estimate of drug-likeness (QED) is 0.498. The smallest absolute Gasteiger partial charge is 0.377 e. The molecule has 0 amide bonds. The lowest BCUT2D eigenvalue weighted by molar-refractivity contribution is -0.390. The average Bonchev–Trinajstić information content (AvgIpc) is 2.39. The van der Waals surface area contributed by atoms with Crippen molar-refractivity contribution in [2.75, 3.05) is 5.73 Å². The normalized spacial score (nSPS) is 10.5.